The van der Waals surface area contributed by atoms with Gasteiger partial charge in [-0.15, -0.1) is 0 Å². The van der Waals surface area contributed by atoms with E-state index in [9.17, 15) is 4.79 Å². The summed E-state index contributed by atoms with van der Waals surface area (Å²) in [6.07, 6.45) is 11.7. The van der Waals surface area contributed by atoms with Crippen molar-refractivity contribution < 1.29 is 4.79 Å². The van der Waals surface area contributed by atoms with E-state index < -0.39 is 0 Å². The number of rotatable bonds is 0. The average Bonchev–Trinajstić information content (AvgIpc) is 2.28. The third-order valence-corrected chi connectivity index (χ3v) is 1.89. The van der Waals surface area contributed by atoms with Crippen LogP contribution in [0, 0.1) is 0 Å². The van der Waals surface area contributed by atoms with Crippen molar-refractivity contribution in [2.75, 3.05) is 0 Å². The van der Waals surface area contributed by atoms with Gasteiger partial charge in [0.15, 0.2) is 5.78 Å². The van der Waals surface area contributed by atoms with Gasteiger partial charge in [0.2, 0.25) is 0 Å². The summed E-state index contributed by atoms with van der Waals surface area (Å²) in [5.41, 5.74) is 2.09. The molecule has 1 N–H and O–H groups in total. The Hall–Kier alpha value is -1.57. The summed E-state index contributed by atoms with van der Waals surface area (Å²) >= 11 is 0. The first kappa shape index (κ1) is 7.10. The molecule has 2 aliphatic rings. The van der Waals surface area contributed by atoms with Crippen LogP contribution in [0.1, 0.15) is 6.42 Å². The van der Waals surface area contributed by atoms with Gasteiger partial charge in [0.05, 0.1) is 6.42 Å². The SMILES string of the molecule is O=C1C=CC2=C(C1)NC=CC=C2. The van der Waals surface area contributed by atoms with Crippen molar-refractivity contribution in [3.63, 3.8) is 0 Å². The molecule has 0 bridgehead atoms. The second-order valence-corrected chi connectivity index (χ2v) is 2.77. The molecular formula is C10H9NO. The molecule has 0 saturated heterocycles. The molecule has 60 valence electrons. The molecule has 0 aromatic heterocycles. The monoisotopic (exact) mass is 159 g/mol. The normalized spacial score (nSPS) is 20.5. The Kier molecular flexibility index (Phi) is 1.67. The number of allylic oxidation sites excluding steroid dienone is 7. The van der Waals surface area contributed by atoms with E-state index in [0.717, 1.165) is 11.3 Å². The Bertz CT molecular complexity index is 332. The van der Waals surface area contributed by atoms with E-state index in [1.54, 1.807) is 6.08 Å². The van der Waals surface area contributed by atoms with Gasteiger partial charge in [-0.1, -0.05) is 12.2 Å². The molecule has 1 aliphatic heterocycles. The molecule has 0 aromatic carbocycles. The molecule has 2 heteroatoms. The third-order valence-electron chi connectivity index (χ3n) is 1.89. The predicted molar refractivity (Wildman–Crippen MR) is 47.2 cm³/mol. The zero-order chi connectivity index (χ0) is 8.39. The highest BCUT2D eigenvalue weighted by Gasteiger charge is 2.11. The third kappa shape index (κ3) is 1.23. The van der Waals surface area contributed by atoms with E-state index >= 15 is 0 Å². The van der Waals surface area contributed by atoms with Crippen LogP contribution in [-0.4, -0.2) is 5.78 Å². The molecule has 12 heavy (non-hydrogen) atoms. The maximum atomic E-state index is 11.0. The molecule has 0 aromatic rings. The Balaban J connectivity index is 2.36. The number of carbonyl (C=O) groups is 1. The van der Waals surface area contributed by atoms with Gasteiger partial charge in [0.25, 0.3) is 0 Å². The van der Waals surface area contributed by atoms with Crippen molar-refractivity contribution in [2.45, 2.75) is 6.42 Å². The molecule has 1 aliphatic carbocycles. The van der Waals surface area contributed by atoms with Crippen LogP contribution in [0.5, 0.6) is 0 Å². The maximum absolute atomic E-state index is 11.0. The fraction of sp³-hybridized carbons (Fsp3) is 0.100. The van der Waals surface area contributed by atoms with Gasteiger partial charge in [-0.3, -0.25) is 4.79 Å². The van der Waals surface area contributed by atoms with Gasteiger partial charge in [0.1, 0.15) is 0 Å². The first-order valence-electron chi connectivity index (χ1n) is 3.90. The molecular weight excluding hydrogens is 150 g/mol. The Morgan fingerprint density at radius 2 is 2.08 bits per heavy atom. The van der Waals surface area contributed by atoms with E-state index in [-0.39, 0.29) is 5.78 Å². The molecule has 0 radical (unpaired) electrons. The zero-order valence-corrected chi connectivity index (χ0v) is 6.58. The van der Waals surface area contributed by atoms with Crippen molar-refractivity contribution in [1.82, 2.24) is 5.32 Å². The summed E-state index contributed by atoms with van der Waals surface area (Å²) in [4.78, 5) is 11.0. The van der Waals surface area contributed by atoms with Gasteiger partial charge < -0.3 is 5.32 Å². The second-order valence-electron chi connectivity index (χ2n) is 2.77. The average molecular weight is 159 g/mol. The molecule has 0 unspecified atom stereocenters. The first-order valence-corrected chi connectivity index (χ1v) is 3.90. The topological polar surface area (TPSA) is 29.1 Å². The van der Waals surface area contributed by atoms with Gasteiger partial charge in [-0.2, -0.15) is 0 Å². The number of hydrogen-bond acceptors (Lipinski definition) is 2. The highest BCUT2D eigenvalue weighted by Crippen LogP contribution is 2.16. The quantitative estimate of drug-likeness (QED) is 0.579. The smallest absolute Gasteiger partial charge is 0.161 e. The standard InChI is InChI=1S/C10H9NO/c12-9-5-4-8-3-1-2-6-11-10(8)7-9/h1-6,11H,7H2. The van der Waals surface area contributed by atoms with Gasteiger partial charge in [-0.25, -0.2) is 0 Å². The van der Waals surface area contributed by atoms with Crippen molar-refractivity contribution in [3.05, 3.63) is 47.9 Å². The largest absolute Gasteiger partial charge is 0.364 e. The van der Waals surface area contributed by atoms with E-state index in [1.807, 2.05) is 30.5 Å². The summed E-state index contributed by atoms with van der Waals surface area (Å²) in [5, 5.41) is 3.08. The van der Waals surface area contributed by atoms with Crippen LogP contribution in [0.4, 0.5) is 0 Å². The zero-order valence-electron chi connectivity index (χ0n) is 6.58. The Labute approximate surface area is 71.0 Å². The highest BCUT2D eigenvalue weighted by molar-refractivity contribution is 5.93. The first-order chi connectivity index (χ1) is 5.86. The number of nitrogens with one attached hydrogen (secondary N) is 1. The van der Waals surface area contributed by atoms with Crippen LogP contribution in [0.15, 0.2) is 47.9 Å². The summed E-state index contributed by atoms with van der Waals surface area (Å²) < 4.78 is 0. The summed E-state index contributed by atoms with van der Waals surface area (Å²) in [7, 11) is 0. The lowest BCUT2D eigenvalue weighted by atomic mass is 10.0. The Morgan fingerprint density at radius 3 is 3.00 bits per heavy atom. The lowest BCUT2D eigenvalue weighted by Crippen LogP contribution is -2.13. The van der Waals surface area contributed by atoms with E-state index in [4.69, 9.17) is 0 Å². The molecule has 0 fully saturated rings. The van der Waals surface area contributed by atoms with Gasteiger partial charge in [0, 0.05) is 11.9 Å². The molecule has 0 atom stereocenters. The second kappa shape index (κ2) is 2.81. The van der Waals surface area contributed by atoms with Crippen molar-refractivity contribution >= 4 is 5.78 Å². The van der Waals surface area contributed by atoms with Crippen molar-refractivity contribution in [3.8, 4) is 0 Å². The van der Waals surface area contributed by atoms with E-state index in [2.05, 4.69) is 5.32 Å². The summed E-state index contributed by atoms with van der Waals surface area (Å²) in [6, 6.07) is 0. The molecule has 2 nitrogen and oxygen atoms in total. The summed E-state index contributed by atoms with van der Waals surface area (Å²) in [6.45, 7) is 0. The van der Waals surface area contributed by atoms with Crippen LogP contribution in [0.3, 0.4) is 0 Å². The number of hydrogen-bond donors (Lipinski definition) is 1. The van der Waals surface area contributed by atoms with Crippen LogP contribution in [0.25, 0.3) is 0 Å². The molecule has 0 spiro atoms. The van der Waals surface area contributed by atoms with Crippen molar-refractivity contribution in [2.24, 2.45) is 0 Å². The van der Waals surface area contributed by atoms with Crippen LogP contribution >= 0.6 is 0 Å². The van der Waals surface area contributed by atoms with Crippen LogP contribution < -0.4 is 5.32 Å². The fourth-order valence-electron chi connectivity index (χ4n) is 1.27. The number of ketones is 1. The van der Waals surface area contributed by atoms with Gasteiger partial charge >= 0.3 is 0 Å². The minimum Gasteiger partial charge on any atom is -0.364 e. The van der Waals surface area contributed by atoms with Crippen molar-refractivity contribution in [1.29, 1.82) is 0 Å². The minimum absolute atomic E-state index is 0.157. The lowest BCUT2D eigenvalue weighted by molar-refractivity contribution is -0.114. The minimum atomic E-state index is 0.157. The van der Waals surface area contributed by atoms with E-state index in [1.165, 1.54) is 0 Å². The Morgan fingerprint density at radius 1 is 1.17 bits per heavy atom. The van der Waals surface area contributed by atoms with Crippen LogP contribution in [0.2, 0.25) is 0 Å². The maximum Gasteiger partial charge on any atom is 0.161 e. The van der Waals surface area contributed by atoms with E-state index in [0.29, 0.717) is 6.42 Å². The van der Waals surface area contributed by atoms with Gasteiger partial charge in [-0.05, 0) is 23.8 Å². The number of carbonyl (C=O) groups excluding carboxylic acids is 1. The summed E-state index contributed by atoms with van der Waals surface area (Å²) in [5.74, 6) is 0.157. The predicted octanol–water partition coefficient (Wildman–Crippen LogP) is 1.44. The molecule has 2 rings (SSSR count). The lowest BCUT2D eigenvalue weighted by Gasteiger charge is -2.11. The molecule has 0 saturated carbocycles. The highest BCUT2D eigenvalue weighted by atomic mass is 16.1. The van der Waals surface area contributed by atoms with Crippen LogP contribution in [-0.2, 0) is 4.79 Å². The molecule has 1 heterocycles. The molecule has 0 amide bonds. The fourth-order valence-corrected chi connectivity index (χ4v) is 1.27.